The van der Waals surface area contributed by atoms with Crippen LogP contribution in [-0.2, 0) is 25.5 Å². The smallest absolute Gasteiger partial charge is 0.408 e. The second-order valence-electron chi connectivity index (χ2n) is 12.0. The predicted molar refractivity (Wildman–Crippen MR) is 159 cm³/mol. The number of hydrogen-bond donors (Lipinski definition) is 3. The number of nitrogens with one attached hydrogen (secondary N) is 3. The minimum atomic E-state index is -0.795. The molecule has 0 bridgehead atoms. The van der Waals surface area contributed by atoms with E-state index in [1.165, 1.54) is 5.56 Å². The van der Waals surface area contributed by atoms with E-state index in [9.17, 15) is 19.2 Å². The Kier molecular flexibility index (Phi) is 10.9. The van der Waals surface area contributed by atoms with Gasteiger partial charge in [0.05, 0.1) is 0 Å². The molecule has 2 aromatic rings. The number of benzene rings is 2. The number of nitrogens with zero attached hydrogens (tertiary/aromatic N) is 1. The Bertz CT molecular complexity index is 1180. The van der Waals surface area contributed by atoms with Gasteiger partial charge in [0, 0.05) is 31.1 Å². The van der Waals surface area contributed by atoms with Crippen LogP contribution in [-0.4, -0.2) is 59.5 Å². The molecule has 0 saturated carbocycles. The Morgan fingerprint density at radius 2 is 1.51 bits per heavy atom. The molecule has 1 fully saturated rings. The van der Waals surface area contributed by atoms with E-state index in [1.807, 2.05) is 54.6 Å². The standard InChI is InChI=1S/C32H44N4O5/c1-21(2)24-12-14-26(15-13-24)34-28(37)22(3)33-29(38)25-16-18-36(19-17-25)30(39)27(20-23-10-8-7-9-11-23)35-31(40)41-32(4,5)6/h7-15,21-22,25,27H,16-20H2,1-6H3,(H,33,38)(H,34,37)(H,35,40). The van der Waals surface area contributed by atoms with Gasteiger partial charge in [-0.15, -0.1) is 0 Å². The van der Waals surface area contributed by atoms with Crippen LogP contribution >= 0.6 is 0 Å². The van der Waals surface area contributed by atoms with Crippen molar-refractivity contribution in [3.8, 4) is 0 Å². The Morgan fingerprint density at radius 1 is 0.902 bits per heavy atom. The third kappa shape index (κ3) is 9.92. The van der Waals surface area contributed by atoms with E-state index < -0.39 is 23.8 Å². The number of hydrogen-bond acceptors (Lipinski definition) is 5. The van der Waals surface area contributed by atoms with Crippen molar-refractivity contribution in [3.63, 3.8) is 0 Å². The Morgan fingerprint density at radius 3 is 2.07 bits per heavy atom. The van der Waals surface area contributed by atoms with Crippen LogP contribution < -0.4 is 16.0 Å². The maximum Gasteiger partial charge on any atom is 0.408 e. The highest BCUT2D eigenvalue weighted by Gasteiger charge is 2.33. The first-order valence-corrected chi connectivity index (χ1v) is 14.4. The van der Waals surface area contributed by atoms with Crippen molar-refractivity contribution >= 4 is 29.5 Å². The lowest BCUT2D eigenvalue weighted by Crippen LogP contribution is -2.53. The van der Waals surface area contributed by atoms with Gasteiger partial charge < -0.3 is 25.6 Å². The molecular weight excluding hydrogens is 520 g/mol. The lowest BCUT2D eigenvalue weighted by molar-refractivity contribution is -0.137. The average molecular weight is 565 g/mol. The van der Waals surface area contributed by atoms with Gasteiger partial charge in [0.1, 0.15) is 17.7 Å². The summed E-state index contributed by atoms with van der Waals surface area (Å²) in [5.41, 5.74) is 2.08. The number of amides is 4. The Hall–Kier alpha value is -3.88. The van der Waals surface area contributed by atoms with Crippen molar-refractivity contribution in [2.75, 3.05) is 18.4 Å². The first-order valence-electron chi connectivity index (χ1n) is 14.4. The lowest BCUT2D eigenvalue weighted by Gasteiger charge is -2.34. The molecule has 0 aromatic heterocycles. The van der Waals surface area contributed by atoms with Gasteiger partial charge in [-0.2, -0.15) is 0 Å². The number of carbonyl (C=O) groups is 4. The van der Waals surface area contributed by atoms with Gasteiger partial charge in [-0.05, 0) is 69.7 Å². The Labute approximate surface area is 243 Å². The molecule has 3 N–H and O–H groups in total. The molecule has 2 unspecified atom stereocenters. The summed E-state index contributed by atoms with van der Waals surface area (Å²) in [6.07, 6.45) is 0.607. The van der Waals surface area contributed by atoms with E-state index in [4.69, 9.17) is 4.74 Å². The van der Waals surface area contributed by atoms with E-state index in [2.05, 4.69) is 29.8 Å². The van der Waals surface area contributed by atoms with Crippen molar-refractivity contribution in [1.29, 1.82) is 0 Å². The maximum atomic E-state index is 13.5. The van der Waals surface area contributed by atoms with Gasteiger partial charge in [0.15, 0.2) is 0 Å². The molecule has 9 nitrogen and oxygen atoms in total. The van der Waals surface area contributed by atoms with Crippen LogP contribution in [0.25, 0.3) is 0 Å². The molecule has 3 rings (SSSR count). The van der Waals surface area contributed by atoms with Crippen molar-refractivity contribution in [3.05, 3.63) is 65.7 Å². The molecule has 1 aliphatic heterocycles. The molecule has 1 heterocycles. The summed E-state index contributed by atoms with van der Waals surface area (Å²) in [6, 6.07) is 15.7. The minimum absolute atomic E-state index is 0.206. The molecule has 222 valence electrons. The third-order valence-corrected chi connectivity index (χ3v) is 7.05. The first-order chi connectivity index (χ1) is 19.3. The van der Waals surface area contributed by atoms with Crippen molar-refractivity contribution in [2.24, 2.45) is 5.92 Å². The number of rotatable bonds is 9. The second kappa shape index (κ2) is 14.1. The zero-order chi connectivity index (χ0) is 30.2. The van der Waals surface area contributed by atoms with E-state index >= 15 is 0 Å². The van der Waals surface area contributed by atoms with Crippen LogP contribution in [0.5, 0.6) is 0 Å². The molecule has 1 aliphatic rings. The summed E-state index contributed by atoms with van der Waals surface area (Å²) in [4.78, 5) is 53.3. The average Bonchev–Trinajstić information content (AvgIpc) is 2.92. The molecule has 4 amide bonds. The van der Waals surface area contributed by atoms with Gasteiger partial charge in [0.2, 0.25) is 17.7 Å². The number of likely N-dealkylation sites (tertiary alicyclic amines) is 1. The normalized spacial score (nSPS) is 15.5. The largest absolute Gasteiger partial charge is 0.444 e. The lowest BCUT2D eigenvalue weighted by atomic mass is 9.94. The van der Waals surface area contributed by atoms with Crippen molar-refractivity contribution in [2.45, 2.75) is 84.4 Å². The quantitative estimate of drug-likeness (QED) is 0.411. The van der Waals surface area contributed by atoms with Crippen LogP contribution in [0.15, 0.2) is 54.6 Å². The van der Waals surface area contributed by atoms with E-state index in [1.54, 1.807) is 32.6 Å². The summed E-state index contributed by atoms with van der Waals surface area (Å²) in [5.74, 6) is -0.626. The number of carbonyl (C=O) groups excluding carboxylic acids is 4. The minimum Gasteiger partial charge on any atom is -0.444 e. The fourth-order valence-electron chi connectivity index (χ4n) is 4.68. The van der Waals surface area contributed by atoms with Gasteiger partial charge >= 0.3 is 6.09 Å². The summed E-state index contributed by atoms with van der Waals surface area (Å²) in [7, 11) is 0. The molecular formula is C32H44N4O5. The van der Waals surface area contributed by atoms with Crippen molar-refractivity contribution < 1.29 is 23.9 Å². The highest BCUT2D eigenvalue weighted by Crippen LogP contribution is 2.20. The Balaban J connectivity index is 1.53. The predicted octanol–water partition coefficient (Wildman–Crippen LogP) is 4.63. The zero-order valence-corrected chi connectivity index (χ0v) is 25.0. The molecule has 1 saturated heterocycles. The number of piperidine rings is 1. The molecule has 9 heteroatoms. The monoisotopic (exact) mass is 564 g/mol. The molecule has 41 heavy (non-hydrogen) atoms. The summed E-state index contributed by atoms with van der Waals surface area (Å²) < 4.78 is 5.39. The summed E-state index contributed by atoms with van der Waals surface area (Å²) >= 11 is 0. The van der Waals surface area contributed by atoms with Crippen LogP contribution in [0, 0.1) is 5.92 Å². The highest BCUT2D eigenvalue weighted by atomic mass is 16.6. The zero-order valence-electron chi connectivity index (χ0n) is 25.0. The van der Waals surface area contributed by atoms with Crippen LogP contribution in [0.1, 0.15) is 71.4 Å². The fourth-order valence-corrected chi connectivity index (χ4v) is 4.68. The van der Waals surface area contributed by atoms with Gasteiger partial charge in [-0.3, -0.25) is 14.4 Å². The molecule has 0 spiro atoms. The number of anilines is 1. The summed E-state index contributed by atoms with van der Waals surface area (Å²) in [5, 5.41) is 8.41. The van der Waals surface area contributed by atoms with Gasteiger partial charge in [-0.1, -0.05) is 56.3 Å². The molecule has 0 radical (unpaired) electrons. The first kappa shape index (κ1) is 31.6. The van der Waals surface area contributed by atoms with E-state index in [-0.39, 0.29) is 23.6 Å². The van der Waals surface area contributed by atoms with E-state index in [0.717, 1.165) is 5.56 Å². The van der Waals surface area contributed by atoms with Crippen LogP contribution in [0.4, 0.5) is 10.5 Å². The number of ether oxygens (including phenoxy) is 1. The maximum absolute atomic E-state index is 13.5. The number of alkyl carbamates (subject to hydrolysis) is 1. The SMILES string of the molecule is CC(NC(=O)C1CCN(C(=O)C(Cc2ccccc2)NC(=O)OC(C)(C)C)CC1)C(=O)Nc1ccc(C(C)C)cc1. The molecule has 2 atom stereocenters. The molecule has 2 aromatic carbocycles. The summed E-state index contributed by atoms with van der Waals surface area (Å²) in [6.45, 7) is 11.9. The van der Waals surface area contributed by atoms with E-state index in [0.29, 0.717) is 44.0 Å². The third-order valence-electron chi connectivity index (χ3n) is 7.05. The highest BCUT2D eigenvalue weighted by molar-refractivity contribution is 5.97. The van der Waals surface area contributed by atoms with Gasteiger partial charge in [0.25, 0.3) is 0 Å². The van der Waals surface area contributed by atoms with Crippen molar-refractivity contribution in [1.82, 2.24) is 15.5 Å². The molecule has 0 aliphatic carbocycles. The fraction of sp³-hybridized carbons (Fsp3) is 0.500. The van der Waals surface area contributed by atoms with Crippen LogP contribution in [0.2, 0.25) is 0 Å². The second-order valence-corrected chi connectivity index (χ2v) is 12.0. The van der Waals surface area contributed by atoms with Gasteiger partial charge in [-0.25, -0.2) is 4.79 Å². The van der Waals surface area contributed by atoms with Crippen LogP contribution in [0.3, 0.4) is 0 Å². The topological polar surface area (TPSA) is 117 Å².